The topological polar surface area (TPSA) is 18.5 Å². The van der Waals surface area contributed by atoms with Crippen molar-refractivity contribution in [1.29, 1.82) is 0 Å². The number of alkyl halides is 4. The molecule has 0 saturated heterocycles. The van der Waals surface area contributed by atoms with Crippen LogP contribution in [0.15, 0.2) is 18.2 Å². The van der Waals surface area contributed by atoms with Crippen LogP contribution in [0.3, 0.4) is 0 Å². The van der Waals surface area contributed by atoms with E-state index in [1.807, 2.05) is 0 Å². The number of ether oxygens (including phenoxy) is 2. The molecule has 0 spiro atoms. The molecular formula is C11H12ClF3O2. The second-order valence-electron chi connectivity index (χ2n) is 3.40. The molecule has 0 aliphatic rings. The third-order valence-corrected chi connectivity index (χ3v) is 2.59. The highest BCUT2D eigenvalue weighted by Crippen LogP contribution is 2.37. The van der Waals surface area contributed by atoms with E-state index in [4.69, 9.17) is 21.1 Å². The van der Waals surface area contributed by atoms with E-state index in [1.165, 1.54) is 32.4 Å². The Morgan fingerprint density at radius 2 is 1.76 bits per heavy atom. The van der Waals surface area contributed by atoms with Gasteiger partial charge < -0.3 is 9.47 Å². The van der Waals surface area contributed by atoms with Crippen molar-refractivity contribution >= 4 is 11.6 Å². The molecule has 6 heteroatoms. The molecule has 0 aliphatic heterocycles. The molecule has 1 unspecified atom stereocenters. The van der Waals surface area contributed by atoms with Gasteiger partial charge in [0, 0.05) is 0 Å². The highest BCUT2D eigenvalue weighted by molar-refractivity contribution is 6.20. The number of hydrogen-bond acceptors (Lipinski definition) is 2. The van der Waals surface area contributed by atoms with Crippen LogP contribution in [0.5, 0.6) is 11.5 Å². The number of rotatable bonds is 4. The van der Waals surface area contributed by atoms with E-state index in [9.17, 15) is 13.2 Å². The van der Waals surface area contributed by atoms with Crippen LogP contribution in [0, 0.1) is 0 Å². The van der Waals surface area contributed by atoms with Gasteiger partial charge >= 0.3 is 6.18 Å². The van der Waals surface area contributed by atoms with Crippen LogP contribution < -0.4 is 9.47 Å². The van der Waals surface area contributed by atoms with Crippen molar-refractivity contribution in [2.45, 2.75) is 18.0 Å². The summed E-state index contributed by atoms with van der Waals surface area (Å²) in [5.41, 5.74) is 0.349. The van der Waals surface area contributed by atoms with Crippen molar-refractivity contribution in [3.8, 4) is 11.5 Å². The fourth-order valence-corrected chi connectivity index (χ4v) is 1.68. The summed E-state index contributed by atoms with van der Waals surface area (Å²) in [4.78, 5) is 0. The minimum atomic E-state index is -4.29. The Hall–Kier alpha value is -1.10. The van der Waals surface area contributed by atoms with E-state index in [2.05, 4.69) is 0 Å². The summed E-state index contributed by atoms with van der Waals surface area (Å²) in [6, 6.07) is 4.47. The first-order valence-corrected chi connectivity index (χ1v) is 5.23. The van der Waals surface area contributed by atoms with Gasteiger partial charge in [-0.3, -0.25) is 0 Å². The molecule has 0 heterocycles. The number of halogens is 4. The fraction of sp³-hybridized carbons (Fsp3) is 0.455. The maximum Gasteiger partial charge on any atom is 0.390 e. The molecule has 1 aromatic carbocycles. The molecule has 2 nitrogen and oxygen atoms in total. The molecule has 96 valence electrons. The van der Waals surface area contributed by atoms with Crippen molar-refractivity contribution in [3.63, 3.8) is 0 Å². The minimum Gasteiger partial charge on any atom is -0.493 e. The van der Waals surface area contributed by atoms with E-state index in [-0.39, 0.29) is 0 Å². The molecule has 1 rings (SSSR count). The molecule has 0 aromatic heterocycles. The number of methoxy groups -OCH3 is 2. The van der Waals surface area contributed by atoms with E-state index in [0.29, 0.717) is 17.1 Å². The zero-order valence-corrected chi connectivity index (χ0v) is 10.1. The largest absolute Gasteiger partial charge is 0.493 e. The van der Waals surface area contributed by atoms with Crippen LogP contribution in [0.4, 0.5) is 13.2 Å². The Bertz CT molecular complexity index is 379. The molecule has 1 aromatic rings. The molecule has 17 heavy (non-hydrogen) atoms. The predicted octanol–water partition coefficient (Wildman–Crippen LogP) is 3.94. The Labute approximate surface area is 102 Å². The molecule has 0 bridgehead atoms. The fourth-order valence-electron chi connectivity index (χ4n) is 1.37. The molecule has 0 radical (unpaired) electrons. The first-order chi connectivity index (χ1) is 7.87. The lowest BCUT2D eigenvalue weighted by Crippen LogP contribution is -2.10. The molecule has 0 amide bonds. The lowest BCUT2D eigenvalue weighted by Gasteiger charge is -2.14. The summed E-state index contributed by atoms with van der Waals surface area (Å²) in [6.45, 7) is 0. The van der Waals surface area contributed by atoms with Crippen molar-refractivity contribution in [2.24, 2.45) is 0 Å². The van der Waals surface area contributed by atoms with Crippen LogP contribution in [0.2, 0.25) is 0 Å². The van der Waals surface area contributed by atoms with Crippen molar-refractivity contribution < 1.29 is 22.6 Å². The van der Waals surface area contributed by atoms with Crippen LogP contribution in [0.25, 0.3) is 0 Å². The third-order valence-electron chi connectivity index (χ3n) is 2.18. The van der Waals surface area contributed by atoms with Crippen molar-refractivity contribution in [2.75, 3.05) is 14.2 Å². The van der Waals surface area contributed by atoms with Crippen LogP contribution in [-0.2, 0) is 0 Å². The van der Waals surface area contributed by atoms with E-state index in [0.717, 1.165) is 0 Å². The van der Waals surface area contributed by atoms with Crippen LogP contribution >= 0.6 is 11.6 Å². The summed E-state index contributed by atoms with van der Waals surface area (Å²) >= 11 is 5.70. The summed E-state index contributed by atoms with van der Waals surface area (Å²) in [6.07, 6.45) is -5.37. The van der Waals surface area contributed by atoms with Gasteiger partial charge in [-0.15, -0.1) is 11.6 Å². The SMILES string of the molecule is COc1ccc(C(Cl)CC(F)(F)F)cc1OC. The van der Waals surface area contributed by atoms with Gasteiger partial charge in [0.05, 0.1) is 26.0 Å². The molecule has 0 saturated carbocycles. The van der Waals surface area contributed by atoms with Crippen molar-refractivity contribution in [3.05, 3.63) is 23.8 Å². The lowest BCUT2D eigenvalue weighted by molar-refractivity contribution is -0.134. The average Bonchev–Trinajstić information content (AvgIpc) is 2.25. The molecular weight excluding hydrogens is 257 g/mol. The predicted molar refractivity (Wildman–Crippen MR) is 58.8 cm³/mol. The summed E-state index contributed by atoms with van der Waals surface area (Å²) in [5, 5.41) is -1.13. The highest BCUT2D eigenvalue weighted by atomic mass is 35.5. The second kappa shape index (κ2) is 5.49. The maximum atomic E-state index is 12.2. The van der Waals surface area contributed by atoms with Gasteiger partial charge in [0.2, 0.25) is 0 Å². The molecule has 0 fully saturated rings. The smallest absolute Gasteiger partial charge is 0.390 e. The Kier molecular flexibility index (Phi) is 4.51. The van der Waals surface area contributed by atoms with E-state index >= 15 is 0 Å². The Morgan fingerprint density at radius 3 is 2.24 bits per heavy atom. The zero-order valence-electron chi connectivity index (χ0n) is 9.34. The van der Waals surface area contributed by atoms with Gasteiger partial charge in [-0.25, -0.2) is 0 Å². The Balaban J connectivity index is 2.92. The highest BCUT2D eigenvalue weighted by Gasteiger charge is 2.32. The molecule has 0 aliphatic carbocycles. The van der Waals surface area contributed by atoms with Gasteiger partial charge in [-0.2, -0.15) is 13.2 Å². The average molecular weight is 269 g/mol. The van der Waals surface area contributed by atoms with Crippen molar-refractivity contribution in [1.82, 2.24) is 0 Å². The number of benzene rings is 1. The normalized spacial score (nSPS) is 13.3. The minimum absolute atomic E-state index is 0.349. The van der Waals surface area contributed by atoms with Gasteiger partial charge in [-0.05, 0) is 17.7 Å². The quantitative estimate of drug-likeness (QED) is 0.770. The monoisotopic (exact) mass is 268 g/mol. The third kappa shape index (κ3) is 4.00. The van der Waals surface area contributed by atoms with Gasteiger partial charge in [-0.1, -0.05) is 6.07 Å². The van der Waals surface area contributed by atoms with Gasteiger partial charge in [0.1, 0.15) is 0 Å². The molecule has 1 atom stereocenters. The van der Waals surface area contributed by atoms with Crippen LogP contribution in [-0.4, -0.2) is 20.4 Å². The second-order valence-corrected chi connectivity index (χ2v) is 3.93. The summed E-state index contributed by atoms with van der Waals surface area (Å²) in [5.74, 6) is 0.810. The maximum absolute atomic E-state index is 12.2. The molecule has 0 N–H and O–H groups in total. The Morgan fingerprint density at radius 1 is 1.18 bits per heavy atom. The van der Waals surface area contributed by atoms with Gasteiger partial charge in [0.15, 0.2) is 11.5 Å². The van der Waals surface area contributed by atoms with Gasteiger partial charge in [0.25, 0.3) is 0 Å². The zero-order chi connectivity index (χ0) is 13.1. The van der Waals surface area contributed by atoms with E-state index in [1.54, 1.807) is 0 Å². The lowest BCUT2D eigenvalue weighted by atomic mass is 10.1. The first-order valence-electron chi connectivity index (χ1n) is 4.80. The summed E-state index contributed by atoms with van der Waals surface area (Å²) in [7, 11) is 2.86. The van der Waals surface area contributed by atoms with Crippen LogP contribution in [0.1, 0.15) is 17.4 Å². The van der Waals surface area contributed by atoms with E-state index < -0.39 is 18.0 Å². The first kappa shape index (κ1) is 14.0. The number of hydrogen-bond donors (Lipinski definition) is 0. The standard InChI is InChI=1S/C11H12ClF3O2/c1-16-9-4-3-7(5-10(9)17-2)8(12)6-11(13,14)15/h3-5,8H,6H2,1-2H3. The summed E-state index contributed by atoms with van der Waals surface area (Å²) < 4.78 is 46.5.